The molecule has 12 heteroatoms. The molecular formula is C18H15FN6O4S. The van der Waals surface area contributed by atoms with Crippen molar-refractivity contribution >= 4 is 23.4 Å². The molecule has 0 aliphatic carbocycles. The Morgan fingerprint density at radius 2 is 2.20 bits per heavy atom. The Kier molecular flexibility index (Phi) is 4.33. The van der Waals surface area contributed by atoms with Gasteiger partial charge in [0.05, 0.1) is 11.1 Å². The summed E-state index contributed by atoms with van der Waals surface area (Å²) in [5.41, 5.74) is -1.04. The molecule has 2 unspecified atom stereocenters. The van der Waals surface area contributed by atoms with Crippen LogP contribution in [-0.4, -0.2) is 61.1 Å². The molecule has 0 amide bonds. The van der Waals surface area contributed by atoms with Crippen molar-refractivity contribution in [1.29, 1.82) is 0 Å². The second-order valence-corrected chi connectivity index (χ2v) is 7.96. The summed E-state index contributed by atoms with van der Waals surface area (Å²) >= 11 is 1.25. The highest BCUT2D eigenvalue weighted by atomic mass is 32.1. The van der Waals surface area contributed by atoms with Gasteiger partial charge in [-0.3, -0.25) is 14.3 Å². The lowest BCUT2D eigenvalue weighted by atomic mass is 9.97. The van der Waals surface area contributed by atoms with Gasteiger partial charge in [0.1, 0.15) is 17.2 Å². The average Bonchev–Trinajstić information content (AvgIpc) is 3.34. The normalized spacial score (nSPS) is 21.4. The van der Waals surface area contributed by atoms with Crippen LogP contribution in [0.2, 0.25) is 0 Å². The monoisotopic (exact) mass is 430 g/mol. The molecule has 10 nitrogen and oxygen atoms in total. The number of aromatic nitrogens is 4. The number of carboxylic acids is 1. The number of rotatable bonds is 4. The molecule has 2 aliphatic heterocycles. The summed E-state index contributed by atoms with van der Waals surface area (Å²) in [5, 5.41) is 15.2. The summed E-state index contributed by atoms with van der Waals surface area (Å²) in [6.45, 7) is 2.69. The van der Waals surface area contributed by atoms with Crippen molar-refractivity contribution in [3.05, 3.63) is 56.0 Å². The maximum Gasteiger partial charge on any atom is 0.341 e. The molecular weight excluding hydrogens is 415 g/mol. The van der Waals surface area contributed by atoms with E-state index in [1.807, 2.05) is 4.90 Å². The highest BCUT2D eigenvalue weighted by Crippen LogP contribution is 2.30. The van der Waals surface area contributed by atoms with Gasteiger partial charge in [-0.2, -0.15) is 4.98 Å². The number of pyridine rings is 1. The predicted octanol–water partition coefficient (Wildman–Crippen LogP) is -0.139. The number of nitrogens with zero attached hydrogens (tertiary/aromatic N) is 6. The first-order chi connectivity index (χ1) is 14.4. The van der Waals surface area contributed by atoms with Crippen LogP contribution in [-0.2, 0) is 0 Å². The van der Waals surface area contributed by atoms with Gasteiger partial charge in [0.15, 0.2) is 17.1 Å². The Hall–Kier alpha value is -3.25. The van der Waals surface area contributed by atoms with Gasteiger partial charge in [-0.1, -0.05) is 5.16 Å². The van der Waals surface area contributed by atoms with Gasteiger partial charge in [-0.15, -0.1) is 11.3 Å². The topological polar surface area (TPSA) is 127 Å². The number of halogens is 1. The molecule has 2 aliphatic rings. The maximum atomic E-state index is 15.0. The molecule has 30 heavy (non-hydrogen) atoms. The van der Waals surface area contributed by atoms with Crippen LogP contribution in [0.5, 0.6) is 0 Å². The Balaban J connectivity index is 1.57. The molecule has 3 aromatic rings. The molecule has 1 N–H and O–H groups in total. The lowest BCUT2D eigenvalue weighted by molar-refractivity contribution is 0.0486. The zero-order valence-electron chi connectivity index (χ0n) is 15.6. The summed E-state index contributed by atoms with van der Waals surface area (Å²) in [7, 11) is 0. The van der Waals surface area contributed by atoms with E-state index in [9.17, 15) is 19.1 Å². The Morgan fingerprint density at radius 1 is 1.40 bits per heavy atom. The average molecular weight is 430 g/mol. The Labute approximate surface area is 171 Å². The molecule has 0 aromatic carbocycles. The van der Waals surface area contributed by atoms with Crippen molar-refractivity contribution in [3.63, 3.8) is 0 Å². The van der Waals surface area contributed by atoms with E-state index in [0.29, 0.717) is 29.9 Å². The number of alkyl halides is 1. The largest absolute Gasteiger partial charge is 0.477 e. The molecule has 154 valence electrons. The van der Waals surface area contributed by atoms with Crippen molar-refractivity contribution in [3.8, 4) is 5.13 Å². The minimum absolute atomic E-state index is 0.00876. The van der Waals surface area contributed by atoms with E-state index in [0.717, 1.165) is 6.08 Å². The number of hydrogen-bond acceptors (Lipinski definition) is 9. The fourth-order valence-corrected chi connectivity index (χ4v) is 4.25. The van der Waals surface area contributed by atoms with Gasteiger partial charge in [-0.05, 0) is 13.0 Å². The second-order valence-electron chi connectivity index (χ2n) is 7.08. The van der Waals surface area contributed by atoms with Gasteiger partial charge in [-0.25, -0.2) is 19.2 Å². The first-order valence-electron chi connectivity index (χ1n) is 9.09. The number of aryl methyl sites for hydroxylation is 1. The van der Waals surface area contributed by atoms with Crippen molar-refractivity contribution in [1.82, 2.24) is 24.6 Å². The SMILES string of the molecule is Cc1noc(C2CN(C3N=c4c(c(=O)c(C(=O)O)cn4-c4nccs4)=CC3F)C2)n1. The van der Waals surface area contributed by atoms with Crippen LogP contribution in [0.25, 0.3) is 11.2 Å². The van der Waals surface area contributed by atoms with Gasteiger partial charge in [0.25, 0.3) is 0 Å². The zero-order chi connectivity index (χ0) is 21.0. The van der Waals surface area contributed by atoms with Crippen molar-refractivity contribution in [2.75, 3.05) is 13.1 Å². The van der Waals surface area contributed by atoms with E-state index in [4.69, 9.17) is 4.52 Å². The van der Waals surface area contributed by atoms with Gasteiger partial charge >= 0.3 is 5.97 Å². The Morgan fingerprint density at radius 3 is 2.83 bits per heavy atom. The van der Waals surface area contributed by atoms with E-state index < -0.39 is 29.3 Å². The zero-order valence-corrected chi connectivity index (χ0v) is 16.4. The standard InChI is InChI=1S/C18H15FN6O4S/c1-8-21-16(29-23-8)9-5-24(6-9)15-12(19)4-10-13(26)11(17(27)28)7-25(14(10)22-15)18-20-2-3-30-18/h2-4,7,9,12,15H,5-6H2,1H3,(H,27,28). The van der Waals surface area contributed by atoms with Gasteiger partial charge in [0, 0.05) is 30.9 Å². The molecule has 0 bridgehead atoms. The third-order valence-electron chi connectivity index (χ3n) is 5.11. The third kappa shape index (κ3) is 2.95. The summed E-state index contributed by atoms with van der Waals surface area (Å²) in [6.07, 6.45) is 1.48. The van der Waals surface area contributed by atoms with Gasteiger partial charge < -0.3 is 9.63 Å². The first kappa shape index (κ1) is 18.8. The van der Waals surface area contributed by atoms with E-state index in [2.05, 4.69) is 20.1 Å². The maximum absolute atomic E-state index is 15.0. The number of likely N-dealkylation sites (tertiary alicyclic amines) is 1. The molecule has 0 radical (unpaired) electrons. The van der Waals surface area contributed by atoms with Crippen LogP contribution in [0.3, 0.4) is 0 Å². The molecule has 0 saturated carbocycles. The number of carbonyl (C=O) groups is 1. The van der Waals surface area contributed by atoms with Crippen LogP contribution >= 0.6 is 11.3 Å². The van der Waals surface area contributed by atoms with Gasteiger partial charge in [0.2, 0.25) is 11.3 Å². The van der Waals surface area contributed by atoms with E-state index in [-0.39, 0.29) is 16.6 Å². The summed E-state index contributed by atoms with van der Waals surface area (Å²) in [4.78, 5) is 38.8. The van der Waals surface area contributed by atoms with Crippen molar-refractivity contribution in [2.24, 2.45) is 4.99 Å². The predicted molar refractivity (Wildman–Crippen MR) is 102 cm³/mol. The fourth-order valence-electron chi connectivity index (χ4n) is 3.63. The second kappa shape index (κ2) is 6.92. The molecule has 2 atom stereocenters. The van der Waals surface area contributed by atoms with Crippen LogP contribution in [0, 0.1) is 6.92 Å². The van der Waals surface area contributed by atoms with Crippen LogP contribution in [0.15, 0.2) is 32.1 Å². The molecule has 5 heterocycles. The number of thiazole rings is 1. The number of aromatic carboxylic acids is 1. The molecule has 1 saturated heterocycles. The first-order valence-corrected chi connectivity index (χ1v) is 9.97. The fraction of sp³-hybridized carbons (Fsp3) is 0.333. The molecule has 0 spiro atoms. The third-order valence-corrected chi connectivity index (χ3v) is 5.88. The minimum Gasteiger partial charge on any atom is -0.477 e. The summed E-state index contributed by atoms with van der Waals surface area (Å²) in [5.74, 6) is -0.353. The lowest BCUT2D eigenvalue weighted by Crippen LogP contribution is -2.58. The summed E-state index contributed by atoms with van der Waals surface area (Å²) in [6, 6.07) is 0. The summed E-state index contributed by atoms with van der Waals surface area (Å²) < 4.78 is 21.6. The van der Waals surface area contributed by atoms with Crippen LogP contribution < -0.4 is 16.1 Å². The number of hydrogen-bond donors (Lipinski definition) is 1. The van der Waals surface area contributed by atoms with Crippen molar-refractivity contribution in [2.45, 2.75) is 25.2 Å². The van der Waals surface area contributed by atoms with E-state index >= 15 is 0 Å². The molecule has 1 fully saturated rings. The highest BCUT2D eigenvalue weighted by Gasteiger charge is 2.40. The van der Waals surface area contributed by atoms with Crippen LogP contribution in [0.1, 0.15) is 28.0 Å². The number of carboxylic acid groups (broad SMARTS) is 1. The Bertz CT molecular complexity index is 1310. The quantitative estimate of drug-likeness (QED) is 0.606. The molecule has 3 aromatic heterocycles. The van der Waals surface area contributed by atoms with Crippen molar-refractivity contribution < 1.29 is 18.8 Å². The minimum atomic E-state index is -1.57. The smallest absolute Gasteiger partial charge is 0.341 e. The van der Waals surface area contributed by atoms with Crippen LogP contribution in [0.4, 0.5) is 4.39 Å². The number of fused-ring (bicyclic) bond motifs is 1. The molecule has 5 rings (SSSR count). The van der Waals surface area contributed by atoms with E-state index in [1.165, 1.54) is 22.1 Å². The van der Waals surface area contributed by atoms with E-state index in [1.54, 1.807) is 18.5 Å². The highest BCUT2D eigenvalue weighted by molar-refractivity contribution is 7.12. The lowest BCUT2D eigenvalue weighted by Gasteiger charge is -2.42.